The van der Waals surface area contributed by atoms with Crippen molar-refractivity contribution in [2.75, 3.05) is 5.32 Å². The van der Waals surface area contributed by atoms with E-state index in [1.807, 2.05) is 6.20 Å². The van der Waals surface area contributed by atoms with Crippen LogP contribution in [0.15, 0.2) is 36.7 Å². The standard InChI is InChI=1S/C17H20FN3O/c18-15-8-6-13(7-9-15)11-21-12-16(10-19-21)20-17(22)14-4-2-1-3-5-14/h6-10,12,14H,1-5,11H2,(H,20,22). The van der Waals surface area contributed by atoms with Gasteiger partial charge in [-0.3, -0.25) is 9.48 Å². The van der Waals surface area contributed by atoms with Crippen LogP contribution in [-0.2, 0) is 11.3 Å². The molecule has 0 aliphatic heterocycles. The van der Waals surface area contributed by atoms with Crippen LogP contribution >= 0.6 is 0 Å². The fraction of sp³-hybridized carbons (Fsp3) is 0.412. The Labute approximate surface area is 129 Å². The molecule has 0 unspecified atom stereocenters. The monoisotopic (exact) mass is 301 g/mol. The first-order chi connectivity index (χ1) is 10.7. The summed E-state index contributed by atoms with van der Waals surface area (Å²) < 4.78 is 14.6. The van der Waals surface area contributed by atoms with Crippen LogP contribution in [0.3, 0.4) is 0 Å². The third kappa shape index (κ3) is 3.72. The molecule has 1 aromatic carbocycles. The van der Waals surface area contributed by atoms with Crippen molar-refractivity contribution in [2.24, 2.45) is 5.92 Å². The molecule has 116 valence electrons. The number of hydrogen-bond acceptors (Lipinski definition) is 2. The normalized spacial score (nSPS) is 15.7. The Morgan fingerprint density at radius 1 is 1.23 bits per heavy atom. The first kappa shape index (κ1) is 14.8. The maximum atomic E-state index is 12.9. The molecule has 1 heterocycles. The van der Waals surface area contributed by atoms with Gasteiger partial charge in [0.25, 0.3) is 0 Å². The van der Waals surface area contributed by atoms with Crippen LogP contribution in [-0.4, -0.2) is 15.7 Å². The summed E-state index contributed by atoms with van der Waals surface area (Å²) in [6, 6.07) is 6.34. The van der Waals surface area contributed by atoms with Gasteiger partial charge in [0.15, 0.2) is 0 Å². The molecule has 1 aliphatic rings. The molecule has 1 aliphatic carbocycles. The molecule has 22 heavy (non-hydrogen) atoms. The van der Waals surface area contributed by atoms with E-state index >= 15 is 0 Å². The molecule has 1 aromatic heterocycles. The fourth-order valence-corrected chi connectivity index (χ4v) is 2.90. The third-order valence-electron chi connectivity index (χ3n) is 4.13. The largest absolute Gasteiger partial charge is 0.323 e. The Kier molecular flexibility index (Phi) is 4.51. The molecule has 1 N–H and O–H groups in total. The number of halogens is 1. The zero-order chi connectivity index (χ0) is 15.4. The molecule has 5 heteroatoms. The Bertz CT molecular complexity index is 630. The molecular formula is C17H20FN3O. The smallest absolute Gasteiger partial charge is 0.227 e. The van der Waals surface area contributed by atoms with Crippen molar-refractivity contribution in [3.8, 4) is 0 Å². The number of rotatable bonds is 4. The average molecular weight is 301 g/mol. The summed E-state index contributed by atoms with van der Waals surface area (Å²) in [5.74, 6) is -0.0140. The van der Waals surface area contributed by atoms with Gasteiger partial charge in [0.05, 0.1) is 18.4 Å². The van der Waals surface area contributed by atoms with Crippen molar-refractivity contribution < 1.29 is 9.18 Å². The first-order valence-electron chi connectivity index (χ1n) is 7.78. The zero-order valence-electron chi connectivity index (χ0n) is 12.5. The summed E-state index contributed by atoms with van der Waals surface area (Å²) in [7, 11) is 0. The highest BCUT2D eigenvalue weighted by atomic mass is 19.1. The lowest BCUT2D eigenvalue weighted by Crippen LogP contribution is -2.24. The van der Waals surface area contributed by atoms with E-state index in [4.69, 9.17) is 0 Å². The lowest BCUT2D eigenvalue weighted by Gasteiger charge is -2.20. The summed E-state index contributed by atoms with van der Waals surface area (Å²) in [5, 5.41) is 7.18. The van der Waals surface area contributed by atoms with E-state index in [9.17, 15) is 9.18 Å². The molecule has 0 radical (unpaired) electrons. The van der Waals surface area contributed by atoms with E-state index in [1.165, 1.54) is 18.6 Å². The lowest BCUT2D eigenvalue weighted by molar-refractivity contribution is -0.120. The minimum Gasteiger partial charge on any atom is -0.323 e. The van der Waals surface area contributed by atoms with Gasteiger partial charge >= 0.3 is 0 Å². The Morgan fingerprint density at radius 3 is 2.68 bits per heavy atom. The van der Waals surface area contributed by atoms with Gasteiger partial charge in [-0.05, 0) is 30.5 Å². The third-order valence-corrected chi connectivity index (χ3v) is 4.13. The molecule has 3 rings (SSSR count). The maximum absolute atomic E-state index is 12.9. The van der Waals surface area contributed by atoms with Crippen LogP contribution in [0.25, 0.3) is 0 Å². The predicted molar refractivity (Wildman–Crippen MR) is 82.9 cm³/mol. The number of aromatic nitrogens is 2. The number of nitrogens with one attached hydrogen (secondary N) is 1. The predicted octanol–water partition coefficient (Wildman–Crippen LogP) is 3.59. The fourth-order valence-electron chi connectivity index (χ4n) is 2.90. The van der Waals surface area contributed by atoms with Gasteiger partial charge < -0.3 is 5.32 Å². The Hall–Kier alpha value is -2.17. The van der Waals surface area contributed by atoms with Crippen LogP contribution < -0.4 is 5.32 Å². The summed E-state index contributed by atoms with van der Waals surface area (Å²) in [6.45, 7) is 0.555. The number of benzene rings is 1. The van der Waals surface area contributed by atoms with Crippen LogP contribution in [0.4, 0.5) is 10.1 Å². The lowest BCUT2D eigenvalue weighted by atomic mass is 9.89. The highest BCUT2D eigenvalue weighted by Gasteiger charge is 2.21. The summed E-state index contributed by atoms with van der Waals surface area (Å²) >= 11 is 0. The molecule has 2 aromatic rings. The number of carbonyl (C=O) groups is 1. The molecule has 4 nitrogen and oxygen atoms in total. The SMILES string of the molecule is O=C(Nc1cnn(Cc2ccc(F)cc2)c1)C1CCCCC1. The highest BCUT2D eigenvalue weighted by molar-refractivity contribution is 5.92. The average Bonchev–Trinajstić information content (AvgIpc) is 2.97. The number of hydrogen-bond donors (Lipinski definition) is 1. The van der Waals surface area contributed by atoms with Gasteiger partial charge in [-0.15, -0.1) is 0 Å². The number of nitrogens with zero attached hydrogens (tertiary/aromatic N) is 2. The second-order valence-corrected chi connectivity index (χ2v) is 5.88. The summed E-state index contributed by atoms with van der Waals surface area (Å²) in [4.78, 5) is 12.2. The van der Waals surface area contributed by atoms with Crippen molar-refractivity contribution in [1.29, 1.82) is 0 Å². The molecular weight excluding hydrogens is 281 g/mol. The van der Waals surface area contributed by atoms with Gasteiger partial charge in [-0.1, -0.05) is 31.4 Å². The molecule has 0 spiro atoms. The maximum Gasteiger partial charge on any atom is 0.227 e. The van der Waals surface area contributed by atoms with E-state index < -0.39 is 0 Å². The van der Waals surface area contributed by atoms with Crippen molar-refractivity contribution in [2.45, 2.75) is 38.6 Å². The molecule has 1 fully saturated rings. The number of amides is 1. The summed E-state index contributed by atoms with van der Waals surface area (Å²) in [5.41, 5.74) is 1.69. The Balaban J connectivity index is 1.58. The van der Waals surface area contributed by atoms with E-state index in [2.05, 4.69) is 10.4 Å². The summed E-state index contributed by atoms with van der Waals surface area (Å²) in [6.07, 6.45) is 8.95. The second kappa shape index (κ2) is 6.73. The van der Waals surface area contributed by atoms with Crippen molar-refractivity contribution in [3.05, 3.63) is 48.0 Å². The quantitative estimate of drug-likeness (QED) is 0.938. The van der Waals surface area contributed by atoms with Crippen molar-refractivity contribution >= 4 is 11.6 Å². The minimum atomic E-state index is -0.246. The highest BCUT2D eigenvalue weighted by Crippen LogP contribution is 2.24. The molecule has 1 amide bonds. The van der Waals surface area contributed by atoms with Gasteiger partial charge in [-0.25, -0.2) is 4.39 Å². The minimum absolute atomic E-state index is 0.0982. The van der Waals surface area contributed by atoms with Crippen LogP contribution in [0.5, 0.6) is 0 Å². The van der Waals surface area contributed by atoms with E-state index in [0.717, 1.165) is 36.9 Å². The molecule has 0 saturated heterocycles. The number of carbonyl (C=O) groups excluding carboxylic acids is 1. The van der Waals surface area contributed by atoms with Crippen LogP contribution in [0, 0.1) is 11.7 Å². The van der Waals surface area contributed by atoms with Crippen LogP contribution in [0.1, 0.15) is 37.7 Å². The van der Waals surface area contributed by atoms with Crippen molar-refractivity contribution in [1.82, 2.24) is 9.78 Å². The van der Waals surface area contributed by atoms with Crippen molar-refractivity contribution in [3.63, 3.8) is 0 Å². The molecule has 0 bridgehead atoms. The van der Waals surface area contributed by atoms with Gasteiger partial charge in [-0.2, -0.15) is 5.10 Å². The second-order valence-electron chi connectivity index (χ2n) is 5.88. The van der Waals surface area contributed by atoms with Crippen LogP contribution in [0.2, 0.25) is 0 Å². The topological polar surface area (TPSA) is 46.9 Å². The van der Waals surface area contributed by atoms with E-state index in [1.54, 1.807) is 23.0 Å². The molecule has 0 atom stereocenters. The molecule has 1 saturated carbocycles. The number of anilines is 1. The Morgan fingerprint density at radius 2 is 1.95 bits per heavy atom. The van der Waals surface area contributed by atoms with Gasteiger partial charge in [0, 0.05) is 12.1 Å². The van der Waals surface area contributed by atoms with Gasteiger partial charge in [0.2, 0.25) is 5.91 Å². The van der Waals surface area contributed by atoms with E-state index in [-0.39, 0.29) is 17.6 Å². The van der Waals surface area contributed by atoms with E-state index in [0.29, 0.717) is 6.54 Å². The van der Waals surface area contributed by atoms with Gasteiger partial charge in [0.1, 0.15) is 5.82 Å². The zero-order valence-corrected chi connectivity index (χ0v) is 12.5. The first-order valence-corrected chi connectivity index (χ1v) is 7.78.